The second kappa shape index (κ2) is 16.8. The van der Waals surface area contributed by atoms with Crippen molar-refractivity contribution in [3.05, 3.63) is 0 Å². The molecule has 0 aliphatic rings. The zero-order chi connectivity index (χ0) is 19.0. The van der Waals surface area contributed by atoms with Crippen molar-refractivity contribution in [2.24, 2.45) is 0 Å². The highest BCUT2D eigenvalue weighted by molar-refractivity contribution is 4.50. The fourth-order valence-electron chi connectivity index (χ4n) is 3.53. The largest absolute Gasteiger partial charge is 0.324 e. The Morgan fingerprint density at radius 1 is 0.522 bits per heavy atom. The van der Waals surface area contributed by atoms with Crippen molar-refractivity contribution in [3.8, 4) is 0 Å². The Morgan fingerprint density at radius 3 is 1.35 bits per heavy atom. The third-order valence-electron chi connectivity index (χ3n) is 5.71. The SMILES string of the molecule is [2H]C([2H])(CCCCCCC)CCCCCCCC[N+](CC)(CC)CC. The summed E-state index contributed by atoms with van der Waals surface area (Å²) in [6.45, 7) is 14.3. The standard InChI is InChI=1S/C22H48N/c1-5-9-10-11-12-13-14-15-16-17-18-19-20-21-22-23(6-2,7-3)8-4/h5-22H2,1-4H3/q+1/i14D2. The molecule has 0 aromatic rings. The molecule has 0 fully saturated rings. The average Bonchev–Trinajstić information content (AvgIpc) is 2.61. The van der Waals surface area contributed by atoms with Gasteiger partial charge in [0.25, 0.3) is 0 Å². The lowest BCUT2D eigenvalue weighted by atomic mass is 10.0. The topological polar surface area (TPSA) is 0 Å². The van der Waals surface area contributed by atoms with Crippen LogP contribution in [0.5, 0.6) is 0 Å². The molecule has 0 heterocycles. The highest BCUT2D eigenvalue weighted by atomic mass is 15.3. The van der Waals surface area contributed by atoms with Crippen LogP contribution in [0.25, 0.3) is 0 Å². The van der Waals surface area contributed by atoms with Gasteiger partial charge in [0.1, 0.15) is 0 Å². The van der Waals surface area contributed by atoms with Crippen LogP contribution in [0.1, 0.15) is 120 Å². The van der Waals surface area contributed by atoms with E-state index in [9.17, 15) is 0 Å². The zero-order valence-electron chi connectivity index (χ0n) is 19.0. The van der Waals surface area contributed by atoms with E-state index in [-0.39, 0.29) is 0 Å². The Kier molecular flexibility index (Phi) is 14.1. The van der Waals surface area contributed by atoms with Crippen molar-refractivity contribution in [2.75, 3.05) is 26.2 Å². The van der Waals surface area contributed by atoms with Crippen molar-refractivity contribution >= 4 is 0 Å². The molecule has 0 spiro atoms. The molecule has 140 valence electrons. The fraction of sp³-hybridized carbons (Fsp3) is 1.00. The van der Waals surface area contributed by atoms with E-state index in [1.807, 2.05) is 0 Å². The summed E-state index contributed by atoms with van der Waals surface area (Å²) >= 11 is 0. The van der Waals surface area contributed by atoms with Gasteiger partial charge in [-0.25, -0.2) is 0 Å². The van der Waals surface area contributed by atoms with Crippen LogP contribution < -0.4 is 0 Å². The maximum Gasteiger partial charge on any atom is 0.0786 e. The van der Waals surface area contributed by atoms with Crippen LogP contribution >= 0.6 is 0 Å². The number of rotatable bonds is 18. The molecule has 0 aliphatic heterocycles. The van der Waals surface area contributed by atoms with Crippen LogP contribution in [0.2, 0.25) is 0 Å². The van der Waals surface area contributed by atoms with Gasteiger partial charge < -0.3 is 4.48 Å². The molecule has 0 aromatic heterocycles. The molecule has 0 N–H and O–H groups in total. The van der Waals surface area contributed by atoms with Crippen molar-refractivity contribution in [3.63, 3.8) is 0 Å². The van der Waals surface area contributed by atoms with E-state index in [4.69, 9.17) is 2.74 Å². The summed E-state index contributed by atoms with van der Waals surface area (Å²) in [5.41, 5.74) is 0. The first kappa shape index (κ1) is 19.3. The molecule has 0 aliphatic carbocycles. The fourth-order valence-corrected chi connectivity index (χ4v) is 3.53. The molecule has 0 saturated carbocycles. The molecule has 0 saturated heterocycles. The summed E-state index contributed by atoms with van der Waals surface area (Å²) in [5.74, 6) is 0. The second-order valence-electron chi connectivity index (χ2n) is 7.30. The molecule has 0 amide bonds. The van der Waals surface area contributed by atoms with Crippen LogP contribution in [-0.2, 0) is 0 Å². The summed E-state index contributed by atoms with van der Waals surface area (Å²) < 4.78 is 17.6. The molecule has 1 heteroatoms. The van der Waals surface area contributed by atoms with E-state index in [0.29, 0.717) is 0 Å². The Hall–Kier alpha value is -0.0400. The first-order valence-corrected chi connectivity index (χ1v) is 10.8. The Bertz CT molecular complexity index is 279. The van der Waals surface area contributed by atoms with Gasteiger partial charge in [0.15, 0.2) is 0 Å². The number of unbranched alkanes of at least 4 members (excludes halogenated alkanes) is 9. The zero-order valence-corrected chi connectivity index (χ0v) is 17.0. The minimum absolute atomic E-state index is 0.766. The molecule has 0 unspecified atom stereocenters. The minimum atomic E-state index is -0.924. The van der Waals surface area contributed by atoms with Crippen molar-refractivity contribution in [1.29, 1.82) is 0 Å². The molecule has 0 aromatic carbocycles. The summed E-state index contributed by atoms with van der Waals surface area (Å²) in [4.78, 5) is 0. The summed E-state index contributed by atoms with van der Waals surface area (Å²) in [6.07, 6.45) is 14.3. The highest BCUT2D eigenvalue weighted by Gasteiger charge is 2.19. The van der Waals surface area contributed by atoms with Gasteiger partial charge in [-0.05, 0) is 33.6 Å². The molecular weight excluding hydrogens is 278 g/mol. The predicted octanol–water partition coefficient (Wildman–Crippen LogP) is 7.34. The third kappa shape index (κ3) is 13.0. The van der Waals surface area contributed by atoms with E-state index >= 15 is 0 Å². The summed E-state index contributed by atoms with van der Waals surface area (Å²) in [6, 6.07) is 0. The molecule has 0 rings (SSSR count). The Morgan fingerprint density at radius 2 is 0.913 bits per heavy atom. The van der Waals surface area contributed by atoms with Crippen molar-refractivity contribution < 1.29 is 7.22 Å². The minimum Gasteiger partial charge on any atom is -0.324 e. The summed E-state index contributed by atoms with van der Waals surface area (Å²) in [7, 11) is 0. The van der Waals surface area contributed by atoms with Crippen LogP contribution in [-0.4, -0.2) is 30.7 Å². The molecule has 0 bridgehead atoms. The maximum atomic E-state index is 8.15. The van der Waals surface area contributed by atoms with Crippen LogP contribution in [0, 0.1) is 0 Å². The van der Waals surface area contributed by atoms with Crippen LogP contribution in [0.15, 0.2) is 0 Å². The Labute approximate surface area is 151 Å². The van der Waals surface area contributed by atoms with E-state index in [2.05, 4.69) is 27.7 Å². The molecule has 0 radical (unpaired) electrons. The average molecular weight is 329 g/mol. The van der Waals surface area contributed by atoms with Crippen LogP contribution in [0.3, 0.4) is 0 Å². The lowest BCUT2D eigenvalue weighted by molar-refractivity contribution is -0.923. The number of quaternary nitrogens is 1. The van der Waals surface area contributed by atoms with Gasteiger partial charge in [-0.2, -0.15) is 0 Å². The quantitative estimate of drug-likeness (QED) is 0.182. The van der Waals surface area contributed by atoms with Crippen molar-refractivity contribution in [2.45, 2.75) is 118 Å². The van der Waals surface area contributed by atoms with Gasteiger partial charge in [0.2, 0.25) is 0 Å². The van der Waals surface area contributed by atoms with E-state index in [1.165, 1.54) is 88.4 Å². The van der Waals surface area contributed by atoms with E-state index in [1.54, 1.807) is 0 Å². The second-order valence-corrected chi connectivity index (χ2v) is 7.30. The molecule has 23 heavy (non-hydrogen) atoms. The van der Waals surface area contributed by atoms with Gasteiger partial charge in [0, 0.05) is 2.74 Å². The van der Waals surface area contributed by atoms with E-state index in [0.717, 1.165) is 25.7 Å². The van der Waals surface area contributed by atoms with Crippen LogP contribution in [0.4, 0.5) is 0 Å². The van der Waals surface area contributed by atoms with Gasteiger partial charge >= 0.3 is 0 Å². The summed E-state index contributed by atoms with van der Waals surface area (Å²) in [5, 5.41) is 0. The van der Waals surface area contributed by atoms with Gasteiger partial charge in [0.05, 0.1) is 26.2 Å². The van der Waals surface area contributed by atoms with Crippen molar-refractivity contribution in [1.82, 2.24) is 0 Å². The van der Waals surface area contributed by atoms with Gasteiger partial charge in [-0.3, -0.25) is 0 Å². The lowest BCUT2D eigenvalue weighted by Crippen LogP contribution is -2.48. The first-order valence-electron chi connectivity index (χ1n) is 11.8. The number of hydrogen-bond acceptors (Lipinski definition) is 0. The lowest BCUT2D eigenvalue weighted by Gasteiger charge is -2.35. The van der Waals surface area contributed by atoms with Gasteiger partial charge in [-0.1, -0.05) is 83.9 Å². The predicted molar refractivity (Wildman–Crippen MR) is 107 cm³/mol. The monoisotopic (exact) mass is 328 g/mol. The number of hydrogen-bond donors (Lipinski definition) is 0. The Balaban J connectivity index is 3.59. The smallest absolute Gasteiger partial charge is 0.0786 e. The van der Waals surface area contributed by atoms with E-state index < -0.39 is 6.37 Å². The highest BCUT2D eigenvalue weighted by Crippen LogP contribution is 2.14. The van der Waals surface area contributed by atoms with Gasteiger partial charge in [-0.15, -0.1) is 0 Å². The number of nitrogens with zero attached hydrogens (tertiary/aromatic N) is 1. The first-order chi connectivity index (χ1) is 11.9. The molecular formula is C22H48N+. The normalized spacial score (nSPS) is 13.9. The molecule has 1 nitrogen and oxygen atoms in total. The third-order valence-corrected chi connectivity index (χ3v) is 5.71. The maximum absolute atomic E-state index is 8.15. The molecule has 0 atom stereocenters.